The zero-order valence-electron chi connectivity index (χ0n) is 16.2. The van der Waals surface area contributed by atoms with Gasteiger partial charge in [-0.3, -0.25) is 4.79 Å². The van der Waals surface area contributed by atoms with E-state index in [1.54, 1.807) is 0 Å². The average Bonchev–Trinajstić information content (AvgIpc) is 2.65. The van der Waals surface area contributed by atoms with Gasteiger partial charge in [-0.25, -0.2) is 0 Å². The van der Waals surface area contributed by atoms with Crippen LogP contribution in [0.2, 0.25) is 0 Å². The van der Waals surface area contributed by atoms with Crippen molar-refractivity contribution in [3.05, 3.63) is 33.8 Å². The lowest BCUT2D eigenvalue weighted by Crippen LogP contribution is -1.93. The number of aryl methyl sites for hydroxylation is 1. The van der Waals surface area contributed by atoms with Crippen LogP contribution in [0.3, 0.4) is 0 Å². The summed E-state index contributed by atoms with van der Waals surface area (Å²) in [5, 5.41) is 0. The van der Waals surface area contributed by atoms with Crippen LogP contribution < -0.4 is 0 Å². The normalized spacial score (nSPS) is 10.8. The maximum absolute atomic E-state index is 11.1. The summed E-state index contributed by atoms with van der Waals surface area (Å²) in [5.41, 5.74) is 2.00. The van der Waals surface area contributed by atoms with Gasteiger partial charge in [0, 0.05) is 16.5 Å². The first kappa shape index (κ1) is 23.1. The second-order valence-electron chi connectivity index (χ2n) is 7.26. The number of halogens is 1. The molecule has 0 atom stereocenters. The van der Waals surface area contributed by atoms with E-state index in [-0.39, 0.29) is 0 Å². The molecule has 0 aliphatic carbocycles. The maximum Gasteiger partial charge on any atom is 0.150 e. The summed E-state index contributed by atoms with van der Waals surface area (Å²) in [7, 11) is 0. The molecule has 0 aliphatic rings. The standard InChI is InChI=1S/C23H35BrO2/c24-23-17-16-22(20-26)21(19-23)15-13-11-9-7-5-3-1-2-4-6-8-10-12-14-18-25/h16-20H,1-15H2. The number of hydrogen-bond donors (Lipinski definition) is 0. The number of carbonyl (C=O) groups is 2. The van der Waals surface area contributed by atoms with Crippen molar-refractivity contribution in [2.24, 2.45) is 0 Å². The van der Waals surface area contributed by atoms with Gasteiger partial charge < -0.3 is 4.79 Å². The van der Waals surface area contributed by atoms with Crippen LogP contribution in [0.25, 0.3) is 0 Å². The van der Waals surface area contributed by atoms with E-state index in [4.69, 9.17) is 0 Å². The minimum atomic E-state index is 0.737. The summed E-state index contributed by atoms with van der Waals surface area (Å²) in [4.78, 5) is 21.3. The summed E-state index contributed by atoms with van der Waals surface area (Å²) < 4.78 is 1.05. The molecule has 0 radical (unpaired) electrons. The molecule has 0 saturated carbocycles. The lowest BCUT2D eigenvalue weighted by Gasteiger charge is -2.06. The molecule has 0 aliphatic heterocycles. The molecule has 0 fully saturated rings. The summed E-state index contributed by atoms with van der Waals surface area (Å²) in [6.07, 6.45) is 20.5. The summed E-state index contributed by atoms with van der Waals surface area (Å²) >= 11 is 3.48. The number of rotatable bonds is 17. The lowest BCUT2D eigenvalue weighted by atomic mass is 10.0. The van der Waals surface area contributed by atoms with Gasteiger partial charge >= 0.3 is 0 Å². The third kappa shape index (κ3) is 11.6. The molecular weight excluding hydrogens is 388 g/mol. The highest BCUT2D eigenvalue weighted by Gasteiger charge is 2.02. The Bertz CT molecular complexity index is 499. The molecule has 0 aromatic heterocycles. The number of carbonyl (C=O) groups excluding carboxylic acids is 2. The molecule has 0 bridgehead atoms. The van der Waals surface area contributed by atoms with Crippen molar-refractivity contribution in [2.45, 2.75) is 96.3 Å². The van der Waals surface area contributed by atoms with Crippen LogP contribution in [0.5, 0.6) is 0 Å². The number of unbranched alkanes of at least 4 members (excludes halogenated alkanes) is 13. The molecule has 2 nitrogen and oxygen atoms in total. The second-order valence-corrected chi connectivity index (χ2v) is 8.18. The number of benzene rings is 1. The van der Waals surface area contributed by atoms with Crippen LogP contribution in [0.15, 0.2) is 22.7 Å². The molecule has 0 amide bonds. The highest BCUT2D eigenvalue weighted by Crippen LogP contribution is 2.19. The fourth-order valence-corrected chi connectivity index (χ4v) is 3.80. The third-order valence-electron chi connectivity index (χ3n) is 5.00. The summed E-state index contributed by atoms with van der Waals surface area (Å²) in [6, 6.07) is 5.91. The second kappa shape index (κ2) is 16.2. The fourth-order valence-electron chi connectivity index (χ4n) is 3.39. The van der Waals surface area contributed by atoms with E-state index < -0.39 is 0 Å². The van der Waals surface area contributed by atoms with Crippen LogP contribution in [0, 0.1) is 0 Å². The Labute approximate surface area is 168 Å². The van der Waals surface area contributed by atoms with Crippen molar-refractivity contribution >= 4 is 28.5 Å². The zero-order valence-corrected chi connectivity index (χ0v) is 17.8. The van der Waals surface area contributed by atoms with Gasteiger partial charge in [-0.2, -0.15) is 0 Å². The molecule has 0 unspecified atom stereocenters. The van der Waals surface area contributed by atoms with Crippen LogP contribution >= 0.6 is 15.9 Å². The Morgan fingerprint density at radius 3 is 1.69 bits per heavy atom. The van der Waals surface area contributed by atoms with Gasteiger partial charge in [-0.1, -0.05) is 92.6 Å². The lowest BCUT2D eigenvalue weighted by molar-refractivity contribution is -0.107. The van der Waals surface area contributed by atoms with Gasteiger partial charge in [0.2, 0.25) is 0 Å². The number of hydrogen-bond acceptors (Lipinski definition) is 2. The molecule has 3 heteroatoms. The van der Waals surface area contributed by atoms with Crippen molar-refractivity contribution in [1.29, 1.82) is 0 Å². The van der Waals surface area contributed by atoms with Crippen LogP contribution in [-0.2, 0) is 11.2 Å². The predicted molar refractivity (Wildman–Crippen MR) is 114 cm³/mol. The Balaban J connectivity index is 1.89. The molecule has 1 aromatic rings. The first-order valence-electron chi connectivity index (χ1n) is 10.4. The fraction of sp³-hybridized carbons (Fsp3) is 0.652. The van der Waals surface area contributed by atoms with Crippen molar-refractivity contribution in [2.75, 3.05) is 0 Å². The average molecular weight is 423 g/mol. The molecule has 146 valence electrons. The Hall–Kier alpha value is -0.960. The molecule has 0 heterocycles. The molecule has 0 spiro atoms. The van der Waals surface area contributed by atoms with Gasteiger partial charge in [0.25, 0.3) is 0 Å². The zero-order chi connectivity index (χ0) is 18.9. The van der Waals surface area contributed by atoms with Crippen LogP contribution in [-0.4, -0.2) is 12.6 Å². The van der Waals surface area contributed by atoms with Gasteiger partial charge in [-0.15, -0.1) is 0 Å². The quantitative estimate of drug-likeness (QED) is 0.192. The monoisotopic (exact) mass is 422 g/mol. The van der Waals surface area contributed by atoms with E-state index in [2.05, 4.69) is 22.0 Å². The van der Waals surface area contributed by atoms with Crippen molar-refractivity contribution in [3.63, 3.8) is 0 Å². The Kier molecular flexibility index (Phi) is 14.4. The predicted octanol–water partition coefficient (Wildman–Crippen LogP) is 7.46. The molecule has 1 aromatic carbocycles. The van der Waals surface area contributed by atoms with E-state index in [1.807, 2.05) is 12.1 Å². The highest BCUT2D eigenvalue weighted by atomic mass is 79.9. The smallest absolute Gasteiger partial charge is 0.150 e. The minimum Gasteiger partial charge on any atom is -0.303 e. The van der Waals surface area contributed by atoms with E-state index >= 15 is 0 Å². The van der Waals surface area contributed by atoms with E-state index in [1.165, 1.54) is 82.6 Å². The molecule has 0 N–H and O–H groups in total. The van der Waals surface area contributed by atoms with E-state index in [9.17, 15) is 9.59 Å². The largest absolute Gasteiger partial charge is 0.303 e. The van der Waals surface area contributed by atoms with E-state index in [0.29, 0.717) is 0 Å². The minimum absolute atomic E-state index is 0.737. The van der Waals surface area contributed by atoms with Crippen molar-refractivity contribution in [3.8, 4) is 0 Å². The van der Waals surface area contributed by atoms with Gasteiger partial charge in [0.15, 0.2) is 0 Å². The topological polar surface area (TPSA) is 34.1 Å². The Morgan fingerprint density at radius 2 is 1.19 bits per heavy atom. The first-order chi connectivity index (χ1) is 12.8. The molecule has 0 saturated heterocycles. The summed E-state index contributed by atoms with van der Waals surface area (Å²) in [5.74, 6) is 0. The summed E-state index contributed by atoms with van der Waals surface area (Å²) in [6.45, 7) is 0. The van der Waals surface area contributed by atoms with Gasteiger partial charge in [0.1, 0.15) is 12.6 Å². The first-order valence-corrected chi connectivity index (χ1v) is 11.2. The number of aldehydes is 2. The highest BCUT2D eigenvalue weighted by molar-refractivity contribution is 9.10. The van der Waals surface area contributed by atoms with Crippen LogP contribution in [0.1, 0.15) is 106 Å². The molecule has 1 rings (SSSR count). The van der Waals surface area contributed by atoms with Crippen LogP contribution in [0.4, 0.5) is 0 Å². The SMILES string of the molecule is O=CCCCCCCCCCCCCCCCc1cc(Br)ccc1C=O. The van der Waals surface area contributed by atoms with Crippen molar-refractivity contribution in [1.82, 2.24) is 0 Å². The maximum atomic E-state index is 11.1. The van der Waals surface area contributed by atoms with Crippen molar-refractivity contribution < 1.29 is 9.59 Å². The van der Waals surface area contributed by atoms with E-state index in [0.717, 1.165) is 41.9 Å². The third-order valence-corrected chi connectivity index (χ3v) is 5.49. The molecular formula is C23H35BrO2. The van der Waals surface area contributed by atoms with Gasteiger partial charge in [-0.05, 0) is 37.0 Å². The Morgan fingerprint density at radius 1 is 0.692 bits per heavy atom. The van der Waals surface area contributed by atoms with Gasteiger partial charge in [0.05, 0.1) is 0 Å². The molecule has 26 heavy (non-hydrogen) atoms.